The van der Waals surface area contributed by atoms with E-state index in [0.717, 1.165) is 31.0 Å². The summed E-state index contributed by atoms with van der Waals surface area (Å²) >= 11 is 11.6. The molecule has 0 saturated heterocycles. The summed E-state index contributed by atoms with van der Waals surface area (Å²) in [6.07, 6.45) is 5.31. The van der Waals surface area contributed by atoms with Crippen LogP contribution in [0.5, 0.6) is 0 Å². The summed E-state index contributed by atoms with van der Waals surface area (Å²) in [6, 6.07) is 11.5. The van der Waals surface area contributed by atoms with Crippen molar-refractivity contribution in [3.8, 4) is 0 Å². The highest BCUT2D eigenvalue weighted by Gasteiger charge is 2.13. The number of nitrogens with one attached hydrogen (secondary N) is 2. The van der Waals surface area contributed by atoms with Gasteiger partial charge in [-0.1, -0.05) is 24.9 Å². The molecule has 0 aliphatic rings. The largest absolute Gasteiger partial charge is 0.467 e. The van der Waals surface area contributed by atoms with Gasteiger partial charge in [-0.2, -0.15) is 0 Å². The van der Waals surface area contributed by atoms with E-state index in [-0.39, 0.29) is 0 Å². The number of nitrogens with zero attached hydrogens (tertiary/aromatic N) is 1. The highest BCUT2D eigenvalue weighted by Crippen LogP contribution is 2.15. The molecule has 0 amide bonds. The molecular weight excluding hydrogens is 366 g/mol. The van der Waals surface area contributed by atoms with Crippen LogP contribution in [0.15, 0.2) is 47.1 Å². The number of anilines is 1. The summed E-state index contributed by atoms with van der Waals surface area (Å²) in [6.45, 7) is 6.16. The first kappa shape index (κ1) is 20.7. The Morgan fingerprint density at radius 1 is 1.19 bits per heavy atom. The van der Waals surface area contributed by atoms with E-state index in [9.17, 15) is 0 Å². The van der Waals surface area contributed by atoms with Crippen molar-refractivity contribution in [2.75, 3.05) is 32.0 Å². The van der Waals surface area contributed by atoms with Gasteiger partial charge in [-0.25, -0.2) is 0 Å². The fourth-order valence-electron chi connectivity index (χ4n) is 2.75. The van der Waals surface area contributed by atoms with Gasteiger partial charge in [0, 0.05) is 23.7 Å². The van der Waals surface area contributed by atoms with Crippen molar-refractivity contribution in [1.82, 2.24) is 4.90 Å². The molecular formula is C20H29ClN3OS+. The summed E-state index contributed by atoms with van der Waals surface area (Å²) in [5.41, 5.74) is 0.939. The van der Waals surface area contributed by atoms with Crippen molar-refractivity contribution in [3.63, 3.8) is 0 Å². The van der Waals surface area contributed by atoms with Crippen LogP contribution in [0.1, 0.15) is 31.9 Å². The minimum atomic E-state index is 0.667. The Morgan fingerprint density at radius 2 is 1.92 bits per heavy atom. The highest BCUT2D eigenvalue weighted by atomic mass is 35.5. The lowest BCUT2D eigenvalue weighted by atomic mass is 10.3. The van der Waals surface area contributed by atoms with Gasteiger partial charge in [0.2, 0.25) is 0 Å². The van der Waals surface area contributed by atoms with Gasteiger partial charge in [-0.15, -0.1) is 0 Å². The normalized spacial score (nSPS) is 12.0. The molecule has 1 heterocycles. The fourth-order valence-corrected chi connectivity index (χ4v) is 3.15. The van der Waals surface area contributed by atoms with Crippen molar-refractivity contribution in [2.24, 2.45) is 0 Å². The van der Waals surface area contributed by atoms with Crippen LogP contribution >= 0.6 is 23.8 Å². The lowest BCUT2D eigenvalue weighted by molar-refractivity contribution is -0.880. The summed E-state index contributed by atoms with van der Waals surface area (Å²) in [7, 11) is 2.26. The van der Waals surface area contributed by atoms with Crippen molar-refractivity contribution >= 4 is 34.6 Å². The van der Waals surface area contributed by atoms with E-state index < -0.39 is 0 Å². The number of quaternary nitrogens is 1. The first-order chi connectivity index (χ1) is 12.6. The molecule has 0 saturated carbocycles. The van der Waals surface area contributed by atoms with E-state index in [0.29, 0.717) is 16.7 Å². The zero-order valence-corrected chi connectivity index (χ0v) is 17.2. The summed E-state index contributed by atoms with van der Waals surface area (Å²) in [5, 5.41) is 4.72. The maximum atomic E-state index is 5.95. The highest BCUT2D eigenvalue weighted by molar-refractivity contribution is 7.80. The second-order valence-corrected chi connectivity index (χ2v) is 7.43. The third-order valence-corrected chi connectivity index (χ3v) is 4.91. The van der Waals surface area contributed by atoms with E-state index >= 15 is 0 Å². The quantitative estimate of drug-likeness (QED) is 0.600. The number of halogens is 1. The molecule has 26 heavy (non-hydrogen) atoms. The topological polar surface area (TPSA) is 32.9 Å². The first-order valence-corrected chi connectivity index (χ1v) is 10.0. The van der Waals surface area contributed by atoms with Gasteiger partial charge in [0.05, 0.1) is 32.9 Å². The molecule has 1 aromatic carbocycles. The van der Waals surface area contributed by atoms with Gasteiger partial charge in [0.25, 0.3) is 0 Å². The van der Waals surface area contributed by atoms with Gasteiger partial charge in [-0.3, -0.25) is 0 Å². The molecule has 2 N–H and O–H groups in total. The third kappa shape index (κ3) is 7.36. The minimum absolute atomic E-state index is 0.667. The number of unbranched alkanes of at least 4 members (excludes halogenated alkanes) is 1. The average molecular weight is 395 g/mol. The van der Waals surface area contributed by atoms with Crippen LogP contribution in [0, 0.1) is 0 Å². The van der Waals surface area contributed by atoms with Gasteiger partial charge in [-0.05, 0) is 55.0 Å². The van der Waals surface area contributed by atoms with E-state index in [1.54, 1.807) is 11.2 Å². The maximum Gasteiger partial charge on any atom is 0.173 e. The number of furan rings is 1. The number of thiocarbonyl (C=S) groups is 1. The molecule has 1 atom stereocenters. The Kier molecular flexibility index (Phi) is 8.95. The molecule has 0 spiro atoms. The molecule has 0 radical (unpaired) electrons. The maximum absolute atomic E-state index is 5.95. The third-order valence-electron chi connectivity index (χ3n) is 4.30. The number of rotatable bonds is 10. The molecule has 0 aliphatic carbocycles. The van der Waals surface area contributed by atoms with E-state index in [4.69, 9.17) is 28.2 Å². The van der Waals surface area contributed by atoms with Crippen LogP contribution in [0.3, 0.4) is 0 Å². The van der Waals surface area contributed by atoms with Crippen molar-refractivity contribution < 1.29 is 9.32 Å². The summed E-state index contributed by atoms with van der Waals surface area (Å²) in [5.74, 6) is 0.914. The number of hydrogen-bond acceptors (Lipinski definition) is 2. The summed E-state index contributed by atoms with van der Waals surface area (Å²) in [4.78, 5) is 3.73. The van der Waals surface area contributed by atoms with Crippen molar-refractivity contribution in [3.05, 3.63) is 53.4 Å². The van der Waals surface area contributed by atoms with Crippen molar-refractivity contribution in [1.29, 1.82) is 0 Å². The Bertz CT molecular complexity index is 646. The van der Waals surface area contributed by atoms with Crippen LogP contribution in [0.25, 0.3) is 0 Å². The van der Waals surface area contributed by atoms with E-state index in [1.165, 1.54) is 19.4 Å². The van der Waals surface area contributed by atoms with Crippen LogP contribution < -0.4 is 10.2 Å². The monoisotopic (exact) mass is 394 g/mol. The summed E-state index contributed by atoms with van der Waals surface area (Å²) < 4.78 is 5.51. The smallest absolute Gasteiger partial charge is 0.173 e. The molecule has 4 nitrogen and oxygen atoms in total. The van der Waals surface area contributed by atoms with Gasteiger partial charge in [0.15, 0.2) is 5.11 Å². The molecule has 6 heteroatoms. The number of hydrogen-bond donors (Lipinski definition) is 2. The molecule has 2 rings (SSSR count). The Morgan fingerprint density at radius 3 is 2.58 bits per heavy atom. The van der Waals surface area contributed by atoms with Gasteiger partial charge >= 0.3 is 0 Å². The lowest BCUT2D eigenvalue weighted by Gasteiger charge is -2.25. The second-order valence-electron chi connectivity index (χ2n) is 6.60. The minimum Gasteiger partial charge on any atom is -0.467 e. The molecule has 1 unspecified atom stereocenters. The molecule has 1 aromatic heterocycles. The van der Waals surface area contributed by atoms with E-state index in [2.05, 4.69) is 24.2 Å². The predicted molar refractivity (Wildman–Crippen MR) is 113 cm³/mol. The first-order valence-electron chi connectivity index (χ1n) is 9.23. The van der Waals surface area contributed by atoms with Crippen LogP contribution in [0.2, 0.25) is 5.02 Å². The second kappa shape index (κ2) is 11.2. The predicted octanol–water partition coefficient (Wildman–Crippen LogP) is 3.84. The Balaban J connectivity index is 1.91. The average Bonchev–Trinajstić information content (AvgIpc) is 3.14. The van der Waals surface area contributed by atoms with Crippen molar-refractivity contribution in [2.45, 2.75) is 32.7 Å². The molecule has 0 fully saturated rings. The van der Waals surface area contributed by atoms with Crippen LogP contribution in [-0.4, -0.2) is 36.7 Å². The van der Waals surface area contributed by atoms with Crippen LogP contribution in [-0.2, 0) is 6.54 Å². The fraction of sp³-hybridized carbons (Fsp3) is 0.450. The van der Waals surface area contributed by atoms with Gasteiger partial charge < -0.3 is 19.5 Å². The molecule has 142 valence electrons. The zero-order chi connectivity index (χ0) is 18.8. The zero-order valence-electron chi connectivity index (χ0n) is 15.6. The SMILES string of the molecule is CCCC[NH+](C)CCCN(Cc1ccco1)C(=S)Nc1ccc(Cl)cc1. The molecule has 0 bridgehead atoms. The molecule has 2 aromatic rings. The lowest BCUT2D eigenvalue weighted by Crippen LogP contribution is -3.09. The van der Waals surface area contributed by atoms with Crippen LogP contribution in [0.4, 0.5) is 5.69 Å². The van der Waals surface area contributed by atoms with Gasteiger partial charge in [0.1, 0.15) is 5.76 Å². The Labute approximate surface area is 167 Å². The Hall–Kier alpha value is -1.56. The standard InChI is InChI=1S/C20H28ClN3OS/c1-3-4-12-23(2)13-6-14-24(16-19-7-5-15-25-19)20(26)22-18-10-8-17(21)9-11-18/h5,7-11,15H,3-4,6,12-14,16H2,1-2H3,(H,22,26)/p+1. The van der Waals surface area contributed by atoms with E-state index in [1.807, 2.05) is 36.4 Å². The molecule has 0 aliphatic heterocycles. The number of benzene rings is 1.